The van der Waals surface area contributed by atoms with Gasteiger partial charge >= 0.3 is 0 Å². The number of amides is 1. The molecule has 0 aromatic carbocycles. The molecule has 0 aliphatic heterocycles. The highest BCUT2D eigenvalue weighted by Crippen LogP contribution is 2.28. The number of aromatic nitrogens is 1. The van der Waals surface area contributed by atoms with Crippen LogP contribution in [0.3, 0.4) is 0 Å². The Kier molecular flexibility index (Phi) is 3.39. The maximum Gasteiger partial charge on any atom is 0.255 e. The van der Waals surface area contributed by atoms with Crippen LogP contribution in [0.4, 0.5) is 0 Å². The summed E-state index contributed by atoms with van der Waals surface area (Å²) >= 11 is 0. The van der Waals surface area contributed by atoms with Crippen LogP contribution in [-0.4, -0.2) is 22.5 Å². The minimum absolute atomic E-state index is 0.0661. The molecule has 1 saturated carbocycles. The smallest absolute Gasteiger partial charge is 0.255 e. The van der Waals surface area contributed by atoms with Crippen molar-refractivity contribution in [1.82, 2.24) is 10.3 Å². The molecule has 0 bridgehead atoms. The molecule has 4 nitrogen and oxygen atoms in total. The van der Waals surface area contributed by atoms with Gasteiger partial charge in [0.15, 0.2) is 0 Å². The fourth-order valence-corrected chi connectivity index (χ4v) is 1.84. The van der Waals surface area contributed by atoms with E-state index < -0.39 is 0 Å². The number of pyridine rings is 1. The SMILES string of the molecule is O=C(NCCC1CCC1)c1ccncc1O. The molecule has 2 N–H and O–H groups in total. The lowest BCUT2D eigenvalue weighted by Gasteiger charge is -2.25. The van der Waals surface area contributed by atoms with E-state index in [2.05, 4.69) is 10.3 Å². The first-order valence-electron chi connectivity index (χ1n) is 5.68. The summed E-state index contributed by atoms with van der Waals surface area (Å²) in [6.45, 7) is 0.686. The molecule has 1 aromatic rings. The lowest BCUT2D eigenvalue weighted by Crippen LogP contribution is -2.27. The van der Waals surface area contributed by atoms with E-state index in [1.165, 1.54) is 37.7 Å². The highest BCUT2D eigenvalue weighted by Gasteiger charge is 2.17. The number of nitrogens with zero attached hydrogens (tertiary/aromatic N) is 1. The minimum Gasteiger partial charge on any atom is -0.505 e. The Hall–Kier alpha value is -1.58. The van der Waals surface area contributed by atoms with Gasteiger partial charge in [-0.2, -0.15) is 0 Å². The van der Waals surface area contributed by atoms with E-state index in [0.29, 0.717) is 12.1 Å². The second kappa shape index (κ2) is 4.96. The number of carbonyl (C=O) groups excluding carboxylic acids is 1. The Balaban J connectivity index is 1.81. The van der Waals surface area contributed by atoms with Crippen LogP contribution in [0.15, 0.2) is 18.5 Å². The topological polar surface area (TPSA) is 62.2 Å². The molecule has 86 valence electrons. The molecule has 0 atom stereocenters. The molecule has 4 heteroatoms. The number of hydrogen-bond donors (Lipinski definition) is 2. The van der Waals surface area contributed by atoms with Crippen molar-refractivity contribution in [2.24, 2.45) is 5.92 Å². The zero-order valence-corrected chi connectivity index (χ0v) is 9.15. The summed E-state index contributed by atoms with van der Waals surface area (Å²) in [5.74, 6) is 0.495. The summed E-state index contributed by atoms with van der Waals surface area (Å²) in [7, 11) is 0. The standard InChI is InChI=1S/C12H16N2O2/c15-11-8-13-6-5-10(11)12(16)14-7-4-9-2-1-3-9/h5-6,8-9,15H,1-4,7H2,(H,14,16). The molecular weight excluding hydrogens is 204 g/mol. The van der Waals surface area contributed by atoms with E-state index in [9.17, 15) is 9.90 Å². The number of rotatable bonds is 4. The van der Waals surface area contributed by atoms with Gasteiger partial charge in [-0.1, -0.05) is 19.3 Å². The third-order valence-electron chi connectivity index (χ3n) is 3.11. The number of carbonyl (C=O) groups is 1. The Morgan fingerprint density at radius 3 is 3.00 bits per heavy atom. The lowest BCUT2D eigenvalue weighted by atomic mass is 9.83. The maximum absolute atomic E-state index is 11.7. The van der Waals surface area contributed by atoms with Crippen molar-refractivity contribution in [3.8, 4) is 5.75 Å². The van der Waals surface area contributed by atoms with Gasteiger partial charge in [-0.25, -0.2) is 0 Å². The molecule has 0 saturated heterocycles. The fraction of sp³-hybridized carbons (Fsp3) is 0.500. The van der Waals surface area contributed by atoms with Crippen molar-refractivity contribution in [3.63, 3.8) is 0 Å². The van der Waals surface area contributed by atoms with Crippen molar-refractivity contribution < 1.29 is 9.90 Å². The Morgan fingerprint density at radius 1 is 1.56 bits per heavy atom. The van der Waals surface area contributed by atoms with E-state index in [1.807, 2.05) is 0 Å². The summed E-state index contributed by atoms with van der Waals surface area (Å²) in [6.07, 6.45) is 7.72. The molecule has 0 unspecified atom stereocenters. The van der Waals surface area contributed by atoms with E-state index in [1.54, 1.807) is 0 Å². The average Bonchev–Trinajstić information content (AvgIpc) is 2.22. The van der Waals surface area contributed by atoms with Gasteiger partial charge < -0.3 is 10.4 Å². The average molecular weight is 220 g/mol. The third-order valence-corrected chi connectivity index (χ3v) is 3.11. The summed E-state index contributed by atoms with van der Waals surface area (Å²) in [5.41, 5.74) is 0.295. The van der Waals surface area contributed by atoms with Crippen LogP contribution in [0.1, 0.15) is 36.0 Å². The predicted molar refractivity (Wildman–Crippen MR) is 60.2 cm³/mol. The van der Waals surface area contributed by atoms with Gasteiger partial charge in [0.1, 0.15) is 5.75 Å². The van der Waals surface area contributed by atoms with Crippen LogP contribution in [0.2, 0.25) is 0 Å². The second-order valence-electron chi connectivity index (χ2n) is 4.23. The second-order valence-corrected chi connectivity index (χ2v) is 4.23. The van der Waals surface area contributed by atoms with Crippen LogP contribution in [0.5, 0.6) is 5.75 Å². The number of aromatic hydroxyl groups is 1. The summed E-state index contributed by atoms with van der Waals surface area (Å²) < 4.78 is 0. The zero-order valence-electron chi connectivity index (χ0n) is 9.15. The van der Waals surface area contributed by atoms with Crippen molar-refractivity contribution >= 4 is 5.91 Å². The number of nitrogens with one attached hydrogen (secondary N) is 1. The molecule has 16 heavy (non-hydrogen) atoms. The van der Waals surface area contributed by atoms with Crippen molar-refractivity contribution in [3.05, 3.63) is 24.0 Å². The van der Waals surface area contributed by atoms with Crippen LogP contribution < -0.4 is 5.32 Å². The Morgan fingerprint density at radius 2 is 2.38 bits per heavy atom. The predicted octanol–water partition coefficient (Wildman–Crippen LogP) is 1.71. The van der Waals surface area contributed by atoms with Gasteiger partial charge in [-0.15, -0.1) is 0 Å². The number of hydrogen-bond acceptors (Lipinski definition) is 3. The van der Waals surface area contributed by atoms with Gasteiger partial charge in [-0.05, 0) is 18.4 Å². The normalized spacial score (nSPS) is 15.5. The highest BCUT2D eigenvalue weighted by atomic mass is 16.3. The Labute approximate surface area is 94.7 Å². The fourth-order valence-electron chi connectivity index (χ4n) is 1.84. The van der Waals surface area contributed by atoms with E-state index in [0.717, 1.165) is 12.3 Å². The Bertz CT molecular complexity index is 375. The quantitative estimate of drug-likeness (QED) is 0.812. The molecule has 0 spiro atoms. The highest BCUT2D eigenvalue weighted by molar-refractivity contribution is 5.96. The van der Waals surface area contributed by atoms with Crippen LogP contribution >= 0.6 is 0 Å². The van der Waals surface area contributed by atoms with Crippen LogP contribution in [-0.2, 0) is 0 Å². The lowest BCUT2D eigenvalue weighted by molar-refractivity contribution is 0.0946. The first kappa shape index (κ1) is 10.9. The zero-order chi connectivity index (χ0) is 11.4. The molecule has 1 aromatic heterocycles. The van der Waals surface area contributed by atoms with E-state index in [4.69, 9.17) is 0 Å². The van der Waals surface area contributed by atoms with Crippen molar-refractivity contribution in [2.45, 2.75) is 25.7 Å². The largest absolute Gasteiger partial charge is 0.505 e. The molecule has 1 aliphatic rings. The summed E-state index contributed by atoms with van der Waals surface area (Å²) in [6, 6.07) is 1.52. The van der Waals surface area contributed by atoms with Crippen LogP contribution in [0, 0.1) is 5.92 Å². The van der Waals surface area contributed by atoms with Gasteiger partial charge in [0.25, 0.3) is 5.91 Å². The molecule has 1 aliphatic carbocycles. The van der Waals surface area contributed by atoms with Crippen molar-refractivity contribution in [2.75, 3.05) is 6.54 Å². The molecule has 1 fully saturated rings. The van der Waals surface area contributed by atoms with E-state index >= 15 is 0 Å². The van der Waals surface area contributed by atoms with Gasteiger partial charge in [0, 0.05) is 12.7 Å². The molecule has 0 radical (unpaired) electrons. The van der Waals surface area contributed by atoms with Crippen LogP contribution in [0.25, 0.3) is 0 Å². The van der Waals surface area contributed by atoms with Gasteiger partial charge in [0.2, 0.25) is 0 Å². The first-order chi connectivity index (χ1) is 7.77. The first-order valence-corrected chi connectivity index (χ1v) is 5.68. The molecular formula is C12H16N2O2. The van der Waals surface area contributed by atoms with Gasteiger partial charge in [0.05, 0.1) is 11.8 Å². The molecule has 1 amide bonds. The molecule has 1 heterocycles. The molecule has 2 rings (SSSR count). The third kappa shape index (κ3) is 2.51. The maximum atomic E-state index is 11.7. The summed E-state index contributed by atoms with van der Waals surface area (Å²) in [5, 5.41) is 12.2. The van der Waals surface area contributed by atoms with Gasteiger partial charge in [-0.3, -0.25) is 9.78 Å². The monoisotopic (exact) mass is 220 g/mol. The summed E-state index contributed by atoms with van der Waals surface area (Å²) in [4.78, 5) is 15.4. The van der Waals surface area contributed by atoms with Crippen molar-refractivity contribution in [1.29, 1.82) is 0 Å². The van der Waals surface area contributed by atoms with E-state index in [-0.39, 0.29) is 11.7 Å². The minimum atomic E-state index is -0.223.